The molecule has 0 aliphatic rings. The molecule has 76 valence electrons. The second-order valence-corrected chi connectivity index (χ2v) is 3.02. The van der Waals surface area contributed by atoms with E-state index >= 15 is 0 Å². The van der Waals surface area contributed by atoms with Gasteiger partial charge in [0.25, 0.3) is 5.91 Å². The first kappa shape index (κ1) is 10.2. The molecule has 1 aromatic heterocycles. The van der Waals surface area contributed by atoms with Crippen LogP contribution in [-0.2, 0) is 11.8 Å². The summed E-state index contributed by atoms with van der Waals surface area (Å²) in [5.41, 5.74) is 5.25. The summed E-state index contributed by atoms with van der Waals surface area (Å²) >= 11 is 0. The minimum Gasteiger partial charge on any atom is -0.368 e. The Kier molecular flexibility index (Phi) is 2.85. The number of carbonyl (C=O) groups excluding carboxylic acids is 2. The Balaban J connectivity index is 2.63. The second-order valence-electron chi connectivity index (χ2n) is 3.02. The minimum atomic E-state index is -0.690. The summed E-state index contributed by atoms with van der Waals surface area (Å²) in [7, 11) is 1.75. The van der Waals surface area contributed by atoms with E-state index in [1.54, 1.807) is 17.8 Å². The molecule has 0 saturated carbocycles. The molecule has 1 atom stereocenters. The van der Waals surface area contributed by atoms with Crippen LogP contribution in [0.2, 0.25) is 0 Å². The van der Waals surface area contributed by atoms with Crippen molar-refractivity contribution in [3.8, 4) is 0 Å². The van der Waals surface area contributed by atoms with Gasteiger partial charge in [-0.25, -0.2) is 4.98 Å². The summed E-state index contributed by atoms with van der Waals surface area (Å²) in [5, 5.41) is 2.42. The molecule has 6 nitrogen and oxygen atoms in total. The molecule has 0 fully saturated rings. The highest BCUT2D eigenvalue weighted by atomic mass is 16.2. The van der Waals surface area contributed by atoms with Crippen molar-refractivity contribution < 1.29 is 9.59 Å². The van der Waals surface area contributed by atoms with Gasteiger partial charge < -0.3 is 15.6 Å². The van der Waals surface area contributed by atoms with Gasteiger partial charge in [-0.2, -0.15) is 0 Å². The van der Waals surface area contributed by atoms with Gasteiger partial charge in [-0.1, -0.05) is 0 Å². The molecule has 14 heavy (non-hydrogen) atoms. The number of primary amides is 1. The summed E-state index contributed by atoms with van der Waals surface area (Å²) in [6.45, 7) is 1.52. The van der Waals surface area contributed by atoms with E-state index in [9.17, 15) is 9.59 Å². The predicted molar refractivity (Wildman–Crippen MR) is 49.3 cm³/mol. The lowest BCUT2D eigenvalue weighted by molar-refractivity contribution is -0.119. The van der Waals surface area contributed by atoms with Crippen LogP contribution in [0, 0.1) is 0 Å². The number of hydrogen-bond acceptors (Lipinski definition) is 3. The maximum atomic E-state index is 11.4. The molecule has 1 rings (SSSR count). The van der Waals surface area contributed by atoms with Gasteiger partial charge in [-0.05, 0) is 6.92 Å². The topological polar surface area (TPSA) is 90.0 Å². The van der Waals surface area contributed by atoms with E-state index in [-0.39, 0.29) is 5.69 Å². The molecule has 2 amide bonds. The van der Waals surface area contributed by atoms with Crippen molar-refractivity contribution in [3.63, 3.8) is 0 Å². The van der Waals surface area contributed by atoms with E-state index in [4.69, 9.17) is 5.73 Å². The first-order valence-corrected chi connectivity index (χ1v) is 4.09. The molecule has 0 saturated heterocycles. The first-order valence-electron chi connectivity index (χ1n) is 4.09. The Bertz CT molecular complexity index is 358. The Hall–Kier alpha value is -1.85. The average molecular weight is 196 g/mol. The zero-order valence-electron chi connectivity index (χ0n) is 8.02. The van der Waals surface area contributed by atoms with Crippen molar-refractivity contribution in [1.82, 2.24) is 14.9 Å². The molecule has 1 heterocycles. The zero-order valence-corrected chi connectivity index (χ0v) is 8.02. The Labute approximate surface area is 81.1 Å². The van der Waals surface area contributed by atoms with Crippen LogP contribution in [0.5, 0.6) is 0 Å². The van der Waals surface area contributed by atoms with Crippen LogP contribution in [0.3, 0.4) is 0 Å². The van der Waals surface area contributed by atoms with Crippen molar-refractivity contribution >= 4 is 11.8 Å². The number of aromatic nitrogens is 2. The molecule has 0 unspecified atom stereocenters. The van der Waals surface area contributed by atoms with Gasteiger partial charge in [0, 0.05) is 13.2 Å². The van der Waals surface area contributed by atoms with Crippen molar-refractivity contribution in [3.05, 3.63) is 18.2 Å². The van der Waals surface area contributed by atoms with Crippen LogP contribution >= 0.6 is 0 Å². The lowest BCUT2D eigenvalue weighted by Crippen LogP contribution is -2.42. The Morgan fingerprint density at radius 3 is 2.71 bits per heavy atom. The lowest BCUT2D eigenvalue weighted by Gasteiger charge is -2.07. The third-order valence-corrected chi connectivity index (χ3v) is 1.71. The molecule has 6 heteroatoms. The van der Waals surface area contributed by atoms with E-state index in [1.165, 1.54) is 13.3 Å². The highest BCUT2D eigenvalue weighted by molar-refractivity contribution is 5.95. The fourth-order valence-electron chi connectivity index (χ4n) is 0.872. The van der Waals surface area contributed by atoms with E-state index in [2.05, 4.69) is 10.3 Å². The van der Waals surface area contributed by atoms with Gasteiger partial charge in [0.2, 0.25) is 5.91 Å². The fraction of sp³-hybridized carbons (Fsp3) is 0.375. The number of rotatable bonds is 3. The predicted octanol–water partition coefficient (Wildman–Crippen LogP) is -0.976. The molecular formula is C8H12N4O2. The highest BCUT2D eigenvalue weighted by Crippen LogP contribution is 1.94. The molecule has 0 aliphatic carbocycles. The van der Waals surface area contributed by atoms with Crippen LogP contribution < -0.4 is 11.1 Å². The number of amides is 2. The maximum absolute atomic E-state index is 11.4. The molecule has 1 aromatic rings. The minimum absolute atomic E-state index is 0.264. The third kappa shape index (κ3) is 2.32. The quantitative estimate of drug-likeness (QED) is 0.651. The van der Waals surface area contributed by atoms with Gasteiger partial charge in [0.15, 0.2) is 0 Å². The molecule has 3 N–H and O–H groups in total. The maximum Gasteiger partial charge on any atom is 0.272 e. The van der Waals surface area contributed by atoms with E-state index in [0.717, 1.165) is 0 Å². The average Bonchev–Trinajstić information content (AvgIpc) is 2.51. The summed E-state index contributed by atoms with van der Waals surface area (Å²) in [5.74, 6) is -0.980. The molecule has 0 bridgehead atoms. The SMILES string of the molecule is C[C@H](NC(=O)c1cn(C)cn1)C(N)=O. The Morgan fingerprint density at radius 1 is 1.64 bits per heavy atom. The summed E-state index contributed by atoms with van der Waals surface area (Å²) in [6.07, 6.45) is 3.06. The highest BCUT2D eigenvalue weighted by Gasteiger charge is 2.14. The van der Waals surface area contributed by atoms with Crippen LogP contribution in [0.4, 0.5) is 0 Å². The summed E-state index contributed by atoms with van der Waals surface area (Å²) in [6, 6.07) is -0.690. The molecule has 0 aliphatic heterocycles. The van der Waals surface area contributed by atoms with Crippen LogP contribution in [0.15, 0.2) is 12.5 Å². The van der Waals surface area contributed by atoms with E-state index in [0.29, 0.717) is 0 Å². The van der Waals surface area contributed by atoms with Gasteiger partial charge in [0.1, 0.15) is 11.7 Å². The summed E-state index contributed by atoms with van der Waals surface area (Å²) in [4.78, 5) is 25.9. The normalized spacial score (nSPS) is 12.1. The molecule has 0 spiro atoms. The van der Waals surface area contributed by atoms with Crippen LogP contribution in [-0.4, -0.2) is 27.4 Å². The van der Waals surface area contributed by atoms with Crippen molar-refractivity contribution in [2.75, 3.05) is 0 Å². The number of hydrogen-bond donors (Lipinski definition) is 2. The summed E-state index contributed by atoms with van der Waals surface area (Å²) < 4.78 is 1.64. The first-order chi connectivity index (χ1) is 6.50. The smallest absolute Gasteiger partial charge is 0.272 e. The number of imidazole rings is 1. The van der Waals surface area contributed by atoms with Crippen LogP contribution in [0.1, 0.15) is 17.4 Å². The fourth-order valence-corrected chi connectivity index (χ4v) is 0.872. The number of carbonyl (C=O) groups is 2. The monoisotopic (exact) mass is 196 g/mol. The molecular weight excluding hydrogens is 184 g/mol. The van der Waals surface area contributed by atoms with E-state index < -0.39 is 17.9 Å². The third-order valence-electron chi connectivity index (χ3n) is 1.71. The lowest BCUT2D eigenvalue weighted by atomic mass is 10.3. The standard InChI is InChI=1S/C8H12N4O2/c1-5(7(9)13)11-8(14)6-3-12(2)4-10-6/h3-5H,1-2H3,(H2,9,13)(H,11,14)/t5-/m0/s1. The second kappa shape index (κ2) is 3.91. The van der Waals surface area contributed by atoms with Gasteiger partial charge >= 0.3 is 0 Å². The van der Waals surface area contributed by atoms with Gasteiger partial charge in [-0.3, -0.25) is 9.59 Å². The van der Waals surface area contributed by atoms with E-state index in [1.807, 2.05) is 0 Å². The van der Waals surface area contributed by atoms with Crippen molar-refractivity contribution in [2.24, 2.45) is 12.8 Å². The Morgan fingerprint density at radius 2 is 2.29 bits per heavy atom. The van der Waals surface area contributed by atoms with Crippen molar-refractivity contribution in [2.45, 2.75) is 13.0 Å². The van der Waals surface area contributed by atoms with Crippen LogP contribution in [0.25, 0.3) is 0 Å². The van der Waals surface area contributed by atoms with Gasteiger partial charge in [0.05, 0.1) is 6.33 Å². The molecule has 0 radical (unpaired) electrons. The number of nitrogens with zero attached hydrogens (tertiary/aromatic N) is 2. The van der Waals surface area contributed by atoms with Crippen molar-refractivity contribution in [1.29, 1.82) is 0 Å². The molecule has 0 aromatic carbocycles. The van der Waals surface area contributed by atoms with Gasteiger partial charge in [-0.15, -0.1) is 0 Å². The number of nitrogens with one attached hydrogen (secondary N) is 1. The number of nitrogens with two attached hydrogens (primary N) is 1. The zero-order chi connectivity index (χ0) is 10.7. The largest absolute Gasteiger partial charge is 0.368 e. The number of aryl methyl sites for hydroxylation is 1.